The molecular formula is C18H16N4O3S. The van der Waals surface area contributed by atoms with Crippen molar-refractivity contribution in [1.82, 2.24) is 15.2 Å². The van der Waals surface area contributed by atoms with Gasteiger partial charge in [-0.1, -0.05) is 36.9 Å². The maximum absolute atomic E-state index is 12.5. The molecular weight excluding hydrogens is 352 g/mol. The molecule has 0 saturated carbocycles. The van der Waals surface area contributed by atoms with Gasteiger partial charge in [0.05, 0.1) is 12.0 Å². The number of carbonyl (C=O) groups excluding carboxylic acids is 1. The Morgan fingerprint density at radius 3 is 2.81 bits per heavy atom. The summed E-state index contributed by atoms with van der Waals surface area (Å²) in [5.41, 5.74) is 1.91. The number of para-hydroxylation sites is 1. The predicted molar refractivity (Wildman–Crippen MR) is 96.9 cm³/mol. The molecule has 0 bridgehead atoms. The molecule has 0 radical (unpaired) electrons. The molecule has 1 atom stereocenters. The first-order valence-corrected chi connectivity index (χ1v) is 9.14. The fourth-order valence-corrected chi connectivity index (χ4v) is 3.36. The number of nitrogens with zero attached hydrogens (tertiary/aromatic N) is 4. The molecule has 0 saturated heterocycles. The van der Waals surface area contributed by atoms with E-state index in [1.807, 2.05) is 31.2 Å². The lowest BCUT2D eigenvalue weighted by molar-refractivity contribution is -0.118. The highest BCUT2D eigenvalue weighted by Gasteiger charge is 2.35. The summed E-state index contributed by atoms with van der Waals surface area (Å²) < 4.78 is 11.7. The maximum Gasteiger partial charge on any atom is 0.247 e. The molecule has 4 rings (SSSR count). The monoisotopic (exact) mass is 368 g/mol. The minimum atomic E-state index is -0.777. The Balaban J connectivity index is 1.94. The number of hydrogen-bond donors (Lipinski definition) is 0. The van der Waals surface area contributed by atoms with Gasteiger partial charge in [0.2, 0.25) is 23.2 Å². The van der Waals surface area contributed by atoms with Gasteiger partial charge in [-0.2, -0.15) is 4.98 Å². The number of fused-ring (bicyclic) bond motifs is 3. The van der Waals surface area contributed by atoms with Crippen LogP contribution in [0.25, 0.3) is 11.3 Å². The molecule has 7 nitrogen and oxygen atoms in total. The van der Waals surface area contributed by atoms with Gasteiger partial charge in [-0.25, -0.2) is 0 Å². The first kappa shape index (κ1) is 16.6. The summed E-state index contributed by atoms with van der Waals surface area (Å²) in [6.45, 7) is 3.50. The molecule has 3 heterocycles. The Morgan fingerprint density at radius 1 is 1.23 bits per heavy atom. The van der Waals surface area contributed by atoms with Crippen molar-refractivity contribution in [2.24, 2.45) is 0 Å². The molecule has 1 aliphatic rings. The van der Waals surface area contributed by atoms with Crippen LogP contribution in [-0.2, 0) is 4.79 Å². The summed E-state index contributed by atoms with van der Waals surface area (Å²) in [5.74, 6) is 1.47. The summed E-state index contributed by atoms with van der Waals surface area (Å²) in [6, 6.07) is 11.0. The van der Waals surface area contributed by atoms with Crippen LogP contribution in [0.5, 0.6) is 5.88 Å². The fraction of sp³-hybridized carbons (Fsp3) is 0.222. The second-order valence-corrected chi connectivity index (χ2v) is 6.80. The van der Waals surface area contributed by atoms with Gasteiger partial charge in [-0.15, -0.1) is 10.2 Å². The van der Waals surface area contributed by atoms with Crippen molar-refractivity contribution in [3.63, 3.8) is 0 Å². The fourth-order valence-electron chi connectivity index (χ4n) is 2.86. The van der Waals surface area contributed by atoms with E-state index in [1.54, 1.807) is 23.3 Å². The van der Waals surface area contributed by atoms with Crippen molar-refractivity contribution in [3.05, 3.63) is 48.4 Å². The highest BCUT2D eigenvalue weighted by Crippen LogP contribution is 2.43. The minimum absolute atomic E-state index is 0.178. The number of anilines is 1. The lowest BCUT2D eigenvalue weighted by atomic mass is 10.1. The van der Waals surface area contributed by atoms with Crippen LogP contribution in [0, 0.1) is 0 Å². The summed E-state index contributed by atoms with van der Waals surface area (Å²) in [4.78, 5) is 18.5. The van der Waals surface area contributed by atoms with Crippen LogP contribution in [0.1, 0.15) is 25.8 Å². The van der Waals surface area contributed by atoms with E-state index in [-0.39, 0.29) is 5.91 Å². The number of aromatic nitrogens is 3. The molecule has 26 heavy (non-hydrogen) atoms. The quantitative estimate of drug-likeness (QED) is 0.652. The Bertz CT molecular complexity index is 945. The van der Waals surface area contributed by atoms with Crippen molar-refractivity contribution in [2.75, 3.05) is 10.7 Å². The molecule has 0 N–H and O–H groups in total. The van der Waals surface area contributed by atoms with E-state index in [0.717, 1.165) is 11.3 Å². The number of amides is 1. The van der Waals surface area contributed by atoms with E-state index in [9.17, 15) is 4.79 Å². The van der Waals surface area contributed by atoms with Crippen molar-refractivity contribution in [3.8, 4) is 17.1 Å². The van der Waals surface area contributed by atoms with Crippen LogP contribution < -0.4 is 9.64 Å². The second kappa shape index (κ2) is 6.80. The number of hydrogen-bond acceptors (Lipinski definition) is 7. The van der Waals surface area contributed by atoms with Gasteiger partial charge >= 0.3 is 0 Å². The Morgan fingerprint density at radius 2 is 2.08 bits per heavy atom. The third-order valence-electron chi connectivity index (χ3n) is 3.91. The van der Waals surface area contributed by atoms with Crippen LogP contribution in [-0.4, -0.2) is 26.8 Å². The van der Waals surface area contributed by atoms with E-state index in [1.165, 1.54) is 18.7 Å². The number of furan rings is 1. The summed E-state index contributed by atoms with van der Waals surface area (Å²) in [7, 11) is 0. The van der Waals surface area contributed by atoms with Crippen molar-refractivity contribution < 1.29 is 13.9 Å². The zero-order valence-corrected chi connectivity index (χ0v) is 15.1. The number of thioether (sulfide) groups is 1. The second-order valence-electron chi connectivity index (χ2n) is 5.57. The Labute approximate surface area is 154 Å². The summed E-state index contributed by atoms with van der Waals surface area (Å²) in [6.07, 6.45) is 0.770. The lowest BCUT2D eigenvalue weighted by Crippen LogP contribution is -2.35. The molecule has 3 aromatic rings. The molecule has 2 aromatic heterocycles. The topological polar surface area (TPSA) is 81.3 Å². The first-order valence-electron chi connectivity index (χ1n) is 8.15. The molecule has 8 heteroatoms. The van der Waals surface area contributed by atoms with Crippen molar-refractivity contribution in [1.29, 1.82) is 0 Å². The van der Waals surface area contributed by atoms with Gasteiger partial charge in [-0.05, 0) is 24.0 Å². The normalized spacial score (nSPS) is 15.6. The predicted octanol–water partition coefficient (Wildman–Crippen LogP) is 3.69. The average Bonchev–Trinajstić information content (AvgIpc) is 3.12. The largest absolute Gasteiger partial charge is 0.463 e. The lowest BCUT2D eigenvalue weighted by Gasteiger charge is -2.28. The molecule has 0 unspecified atom stereocenters. The third kappa shape index (κ3) is 2.82. The zero-order valence-electron chi connectivity index (χ0n) is 14.2. The van der Waals surface area contributed by atoms with Crippen LogP contribution in [0.15, 0.2) is 52.2 Å². The van der Waals surface area contributed by atoms with E-state index in [0.29, 0.717) is 28.2 Å². The van der Waals surface area contributed by atoms with E-state index in [2.05, 4.69) is 15.2 Å². The Hall–Kier alpha value is -2.87. The number of benzene rings is 1. The number of ether oxygens (including phenoxy) is 1. The van der Waals surface area contributed by atoms with Gasteiger partial charge in [0.1, 0.15) is 0 Å². The average molecular weight is 368 g/mol. The minimum Gasteiger partial charge on any atom is -0.463 e. The SMILES string of the molecule is CCSc1nnc2c(n1)O[C@@H](c1ccco1)N(C(C)=O)c1ccccc1-2. The van der Waals surface area contributed by atoms with E-state index < -0.39 is 6.23 Å². The molecule has 1 aliphatic heterocycles. The van der Waals surface area contributed by atoms with Gasteiger partial charge in [0.25, 0.3) is 0 Å². The molecule has 1 amide bonds. The van der Waals surface area contributed by atoms with Gasteiger partial charge < -0.3 is 9.15 Å². The Kier molecular flexibility index (Phi) is 4.34. The molecule has 132 valence electrons. The first-order chi connectivity index (χ1) is 12.7. The summed E-state index contributed by atoms with van der Waals surface area (Å²) >= 11 is 1.47. The maximum atomic E-state index is 12.5. The smallest absolute Gasteiger partial charge is 0.247 e. The summed E-state index contributed by atoms with van der Waals surface area (Å²) in [5, 5.41) is 9.02. The standard InChI is InChI=1S/C18H16N4O3S/c1-3-26-18-19-16-15(20-21-18)12-7-4-5-8-13(12)22(11(2)23)17(25-16)14-9-6-10-24-14/h4-10,17H,3H2,1-2H3/t17-/m0/s1. The highest BCUT2D eigenvalue weighted by molar-refractivity contribution is 7.99. The molecule has 0 spiro atoms. The van der Waals surface area contributed by atoms with E-state index in [4.69, 9.17) is 9.15 Å². The van der Waals surface area contributed by atoms with Crippen LogP contribution in [0.2, 0.25) is 0 Å². The molecule has 0 aliphatic carbocycles. The van der Waals surface area contributed by atoms with Gasteiger partial charge in [0, 0.05) is 12.5 Å². The van der Waals surface area contributed by atoms with Crippen molar-refractivity contribution in [2.45, 2.75) is 25.2 Å². The molecule has 1 aromatic carbocycles. The molecule has 0 fully saturated rings. The third-order valence-corrected chi connectivity index (χ3v) is 4.63. The number of carbonyl (C=O) groups is 1. The van der Waals surface area contributed by atoms with Crippen LogP contribution in [0.4, 0.5) is 5.69 Å². The van der Waals surface area contributed by atoms with Crippen LogP contribution in [0.3, 0.4) is 0 Å². The van der Waals surface area contributed by atoms with Crippen molar-refractivity contribution >= 4 is 23.4 Å². The van der Waals surface area contributed by atoms with E-state index >= 15 is 0 Å². The zero-order chi connectivity index (χ0) is 18.1. The van der Waals surface area contributed by atoms with Crippen LogP contribution >= 0.6 is 11.8 Å². The number of rotatable bonds is 3. The van der Waals surface area contributed by atoms with Gasteiger partial charge in [-0.3, -0.25) is 9.69 Å². The highest BCUT2D eigenvalue weighted by atomic mass is 32.2. The van der Waals surface area contributed by atoms with Gasteiger partial charge in [0.15, 0.2) is 11.5 Å².